The molecule has 7 atom stereocenters. The van der Waals surface area contributed by atoms with Crippen LogP contribution in [-0.4, -0.2) is 16.9 Å². The first-order valence-corrected chi connectivity index (χ1v) is 9.54. The van der Waals surface area contributed by atoms with Crippen molar-refractivity contribution in [3.63, 3.8) is 0 Å². The topological polar surface area (TPSA) is 20.2 Å². The highest BCUT2D eigenvalue weighted by Crippen LogP contribution is 2.67. The normalized spacial score (nSPS) is 55.4. The second kappa shape index (κ2) is 4.94. The molecule has 3 saturated carbocycles. The maximum absolute atomic E-state index is 13.9. The Morgan fingerprint density at radius 2 is 1.91 bits per heavy atom. The van der Waals surface area contributed by atoms with Crippen molar-refractivity contribution in [2.24, 2.45) is 28.6 Å². The molecule has 1 nitrogen and oxygen atoms in total. The summed E-state index contributed by atoms with van der Waals surface area (Å²) >= 11 is 0. The van der Waals surface area contributed by atoms with Crippen LogP contribution in [0.3, 0.4) is 0 Å². The van der Waals surface area contributed by atoms with Gasteiger partial charge in [-0.05, 0) is 68.1 Å². The molecular weight excluding hydrogens is 287 g/mol. The van der Waals surface area contributed by atoms with E-state index in [4.69, 9.17) is 0 Å². The van der Waals surface area contributed by atoms with Gasteiger partial charge in [-0.15, -0.1) is 6.58 Å². The summed E-state index contributed by atoms with van der Waals surface area (Å²) in [5.41, 5.74) is 0.902. The van der Waals surface area contributed by atoms with Crippen molar-refractivity contribution in [1.82, 2.24) is 0 Å². The molecule has 0 radical (unpaired) electrons. The standard InChI is InChI=1S/C21H31FO/c1-4-21(23)12-9-18-16-6-5-14-13-15(22)7-10-19(14,2)17(16)8-11-20(18,21)3/h4-5,15-18,23H,1,6-13H2,2-3H3/t15?,16-,17+,18+,19+,20+,21-/m1/s1. The Kier molecular flexibility index (Phi) is 3.41. The fourth-order valence-electron chi connectivity index (χ4n) is 7.00. The Hall–Kier alpha value is -0.630. The maximum Gasteiger partial charge on any atom is 0.104 e. The Morgan fingerprint density at radius 3 is 2.65 bits per heavy atom. The lowest BCUT2D eigenvalue weighted by Gasteiger charge is -2.58. The van der Waals surface area contributed by atoms with Crippen molar-refractivity contribution in [2.45, 2.75) is 77.0 Å². The number of rotatable bonds is 1. The molecule has 23 heavy (non-hydrogen) atoms. The number of hydrogen-bond donors (Lipinski definition) is 1. The van der Waals surface area contributed by atoms with E-state index in [0.717, 1.165) is 38.5 Å². The minimum absolute atomic E-state index is 0.0189. The molecule has 4 aliphatic rings. The van der Waals surface area contributed by atoms with Crippen LogP contribution in [0.25, 0.3) is 0 Å². The van der Waals surface area contributed by atoms with Gasteiger partial charge in [0.05, 0.1) is 5.60 Å². The van der Waals surface area contributed by atoms with E-state index in [2.05, 4.69) is 26.5 Å². The molecule has 1 N–H and O–H groups in total. The van der Waals surface area contributed by atoms with Crippen LogP contribution in [-0.2, 0) is 0 Å². The lowest BCUT2D eigenvalue weighted by atomic mass is 9.47. The Balaban J connectivity index is 1.69. The molecule has 0 aromatic rings. The van der Waals surface area contributed by atoms with Crippen molar-refractivity contribution < 1.29 is 9.50 Å². The van der Waals surface area contributed by atoms with Gasteiger partial charge in [0.25, 0.3) is 0 Å². The van der Waals surface area contributed by atoms with Gasteiger partial charge in [-0.25, -0.2) is 4.39 Å². The first-order chi connectivity index (χ1) is 10.8. The molecular formula is C21H31FO. The quantitative estimate of drug-likeness (QED) is 0.658. The first kappa shape index (κ1) is 15.9. The third-order valence-corrected chi connectivity index (χ3v) is 8.60. The van der Waals surface area contributed by atoms with E-state index in [1.54, 1.807) is 0 Å². The summed E-state index contributed by atoms with van der Waals surface area (Å²) in [4.78, 5) is 0. The van der Waals surface area contributed by atoms with Crippen LogP contribution in [0, 0.1) is 28.6 Å². The lowest BCUT2D eigenvalue weighted by Crippen LogP contribution is -2.53. The molecule has 0 heterocycles. The molecule has 0 aromatic carbocycles. The van der Waals surface area contributed by atoms with Gasteiger partial charge in [0.2, 0.25) is 0 Å². The monoisotopic (exact) mass is 318 g/mol. The zero-order valence-electron chi connectivity index (χ0n) is 14.7. The molecule has 128 valence electrons. The first-order valence-electron chi connectivity index (χ1n) is 9.54. The highest BCUT2D eigenvalue weighted by molar-refractivity contribution is 5.27. The molecule has 0 spiro atoms. The fraction of sp³-hybridized carbons (Fsp3) is 0.810. The summed E-state index contributed by atoms with van der Waals surface area (Å²) in [5, 5.41) is 11.1. The summed E-state index contributed by atoms with van der Waals surface area (Å²) < 4.78 is 13.9. The van der Waals surface area contributed by atoms with Gasteiger partial charge in [0.1, 0.15) is 6.17 Å². The summed E-state index contributed by atoms with van der Waals surface area (Å²) in [5.74, 6) is 1.93. The van der Waals surface area contributed by atoms with Crippen molar-refractivity contribution in [3.05, 3.63) is 24.3 Å². The molecule has 0 amide bonds. The fourth-order valence-corrected chi connectivity index (χ4v) is 7.00. The summed E-state index contributed by atoms with van der Waals surface area (Å²) in [6, 6.07) is 0. The summed E-state index contributed by atoms with van der Waals surface area (Å²) in [6.45, 7) is 8.63. The van der Waals surface area contributed by atoms with E-state index in [9.17, 15) is 9.50 Å². The second-order valence-corrected chi connectivity index (χ2v) is 9.22. The summed E-state index contributed by atoms with van der Waals surface area (Å²) in [6.07, 6.45) is 11.3. The molecule has 0 saturated heterocycles. The van der Waals surface area contributed by atoms with E-state index >= 15 is 0 Å². The molecule has 4 rings (SSSR count). The van der Waals surface area contributed by atoms with Crippen molar-refractivity contribution in [1.29, 1.82) is 0 Å². The Bertz CT molecular complexity index is 554. The SMILES string of the molecule is C=C[C@@]1(O)CC[C@H]2[C@@H]3CC=C4CC(F)CC[C@]4(C)[C@H]3CC[C@@]21C. The van der Waals surface area contributed by atoms with E-state index in [1.165, 1.54) is 12.0 Å². The van der Waals surface area contributed by atoms with Gasteiger partial charge in [0, 0.05) is 11.8 Å². The van der Waals surface area contributed by atoms with Gasteiger partial charge in [-0.2, -0.15) is 0 Å². The predicted octanol–water partition coefficient (Wildman–Crippen LogP) is 5.20. The van der Waals surface area contributed by atoms with E-state index in [1.807, 2.05) is 6.08 Å². The number of allylic oxidation sites excluding steroid dienone is 2. The molecule has 1 unspecified atom stereocenters. The second-order valence-electron chi connectivity index (χ2n) is 9.22. The number of alkyl halides is 1. The third kappa shape index (κ3) is 1.94. The van der Waals surface area contributed by atoms with Gasteiger partial charge in [0.15, 0.2) is 0 Å². The molecule has 0 bridgehead atoms. The minimum atomic E-state index is -0.690. The lowest BCUT2D eigenvalue weighted by molar-refractivity contribution is -0.0998. The van der Waals surface area contributed by atoms with Crippen LogP contribution < -0.4 is 0 Å². The zero-order valence-corrected chi connectivity index (χ0v) is 14.7. The molecule has 4 aliphatic carbocycles. The van der Waals surface area contributed by atoms with Gasteiger partial charge >= 0.3 is 0 Å². The van der Waals surface area contributed by atoms with Gasteiger partial charge in [-0.3, -0.25) is 0 Å². The average molecular weight is 318 g/mol. The average Bonchev–Trinajstić information content (AvgIpc) is 2.80. The zero-order chi connectivity index (χ0) is 16.5. The largest absolute Gasteiger partial charge is 0.385 e. The smallest absolute Gasteiger partial charge is 0.104 e. The number of fused-ring (bicyclic) bond motifs is 5. The highest BCUT2D eigenvalue weighted by atomic mass is 19.1. The minimum Gasteiger partial charge on any atom is -0.385 e. The third-order valence-electron chi connectivity index (χ3n) is 8.60. The van der Waals surface area contributed by atoms with Gasteiger partial charge in [-0.1, -0.05) is 31.6 Å². The number of halogens is 1. The highest BCUT2D eigenvalue weighted by Gasteiger charge is 2.62. The number of aliphatic hydroxyl groups is 1. The predicted molar refractivity (Wildman–Crippen MR) is 91.7 cm³/mol. The Labute approximate surface area is 140 Å². The van der Waals surface area contributed by atoms with E-state index in [0.29, 0.717) is 24.2 Å². The molecule has 0 aromatic heterocycles. The Morgan fingerprint density at radius 1 is 1.17 bits per heavy atom. The van der Waals surface area contributed by atoms with Crippen LogP contribution in [0.1, 0.15) is 65.2 Å². The van der Waals surface area contributed by atoms with Crippen molar-refractivity contribution in [2.75, 3.05) is 0 Å². The van der Waals surface area contributed by atoms with E-state index < -0.39 is 11.8 Å². The van der Waals surface area contributed by atoms with Crippen LogP contribution in [0.2, 0.25) is 0 Å². The van der Waals surface area contributed by atoms with Crippen molar-refractivity contribution >= 4 is 0 Å². The van der Waals surface area contributed by atoms with Gasteiger partial charge < -0.3 is 5.11 Å². The van der Waals surface area contributed by atoms with Crippen LogP contribution in [0.5, 0.6) is 0 Å². The van der Waals surface area contributed by atoms with Crippen LogP contribution >= 0.6 is 0 Å². The molecule has 2 heteroatoms. The van der Waals surface area contributed by atoms with E-state index in [-0.39, 0.29) is 10.8 Å². The van der Waals surface area contributed by atoms with Crippen LogP contribution in [0.15, 0.2) is 24.3 Å². The molecule has 3 fully saturated rings. The molecule has 0 aliphatic heterocycles. The summed E-state index contributed by atoms with van der Waals surface area (Å²) in [7, 11) is 0. The van der Waals surface area contributed by atoms with Crippen molar-refractivity contribution in [3.8, 4) is 0 Å². The number of hydrogen-bond acceptors (Lipinski definition) is 1. The maximum atomic E-state index is 13.9. The van der Waals surface area contributed by atoms with Crippen LogP contribution in [0.4, 0.5) is 4.39 Å².